The molecule has 1 rings (SSSR count). The summed E-state index contributed by atoms with van der Waals surface area (Å²) in [6.07, 6.45) is 2.91. The van der Waals surface area contributed by atoms with Crippen LogP contribution in [0, 0.1) is 0 Å². The van der Waals surface area contributed by atoms with Crippen LogP contribution in [-0.2, 0) is 15.8 Å². The molecule has 0 aliphatic carbocycles. The number of nitrogens with one attached hydrogen (secondary N) is 1. The van der Waals surface area contributed by atoms with E-state index in [1.165, 1.54) is 0 Å². The molecule has 0 aliphatic rings. The largest absolute Gasteiger partial charge is 0.348 e. The lowest BCUT2D eigenvalue weighted by Gasteiger charge is -2.16. The molecule has 0 saturated heterocycles. The molecule has 6 nitrogen and oxygen atoms in total. The third kappa shape index (κ3) is 6.70. The van der Waals surface area contributed by atoms with Crippen molar-refractivity contribution in [2.45, 2.75) is 38.0 Å². The number of benzene rings is 1. The second-order valence-corrected chi connectivity index (χ2v) is 6.67. The van der Waals surface area contributed by atoms with Gasteiger partial charge in [-0.05, 0) is 24.1 Å². The topological polar surface area (TPSA) is 115 Å². The zero-order valence-electron chi connectivity index (χ0n) is 12.2. The highest BCUT2D eigenvalue weighted by molar-refractivity contribution is 7.88. The van der Waals surface area contributed by atoms with Gasteiger partial charge in [0.15, 0.2) is 0 Å². The van der Waals surface area contributed by atoms with Gasteiger partial charge in [0, 0.05) is 18.2 Å². The maximum absolute atomic E-state index is 12.1. The Balaban J connectivity index is 2.66. The minimum atomic E-state index is -3.56. The minimum absolute atomic E-state index is 0.0402. The van der Waals surface area contributed by atoms with Gasteiger partial charge in [-0.1, -0.05) is 31.9 Å². The van der Waals surface area contributed by atoms with Crippen molar-refractivity contribution in [2.24, 2.45) is 10.9 Å². The standard InChI is InChI=1S/C14H23N3O3S/c1-2-3-4-13(9-15)17-14(18)12-7-5-11(6-8-12)10-21(16,19)20/h5-8,13H,2-4,9-10,15H2,1H3,(H,17,18)(H2,16,19,20). The van der Waals surface area contributed by atoms with Crippen molar-refractivity contribution >= 4 is 15.9 Å². The van der Waals surface area contributed by atoms with Crippen molar-refractivity contribution in [3.63, 3.8) is 0 Å². The maximum Gasteiger partial charge on any atom is 0.251 e. The van der Waals surface area contributed by atoms with Gasteiger partial charge in [0.2, 0.25) is 10.0 Å². The lowest BCUT2D eigenvalue weighted by atomic mass is 10.1. The molecule has 118 valence electrons. The zero-order valence-corrected chi connectivity index (χ0v) is 13.0. The van der Waals surface area contributed by atoms with E-state index in [1.807, 2.05) is 0 Å². The molecule has 0 radical (unpaired) electrons. The third-order valence-corrected chi connectivity index (χ3v) is 3.85. The third-order valence-electron chi connectivity index (χ3n) is 3.11. The van der Waals surface area contributed by atoms with Gasteiger partial charge in [-0.15, -0.1) is 0 Å². The number of carbonyl (C=O) groups is 1. The summed E-state index contributed by atoms with van der Waals surface area (Å²) >= 11 is 0. The quantitative estimate of drug-likeness (QED) is 0.656. The van der Waals surface area contributed by atoms with E-state index in [1.54, 1.807) is 24.3 Å². The molecule has 0 saturated carbocycles. The van der Waals surface area contributed by atoms with Crippen LogP contribution in [-0.4, -0.2) is 26.9 Å². The molecule has 21 heavy (non-hydrogen) atoms. The molecule has 1 aromatic rings. The molecule has 0 aliphatic heterocycles. The van der Waals surface area contributed by atoms with Crippen molar-refractivity contribution in [1.82, 2.24) is 5.32 Å². The van der Waals surface area contributed by atoms with Gasteiger partial charge in [-0.25, -0.2) is 13.6 Å². The van der Waals surface area contributed by atoms with E-state index < -0.39 is 10.0 Å². The molecule has 1 aromatic carbocycles. The van der Waals surface area contributed by atoms with Gasteiger partial charge in [-0.2, -0.15) is 0 Å². The molecule has 0 bridgehead atoms. The normalized spacial score (nSPS) is 12.9. The molecule has 0 spiro atoms. The summed E-state index contributed by atoms with van der Waals surface area (Å²) in [6.45, 7) is 2.48. The van der Waals surface area contributed by atoms with Gasteiger partial charge >= 0.3 is 0 Å². The predicted octanol–water partition coefficient (Wildman–Crippen LogP) is 0.722. The fourth-order valence-corrected chi connectivity index (χ4v) is 2.61. The van der Waals surface area contributed by atoms with Crippen molar-refractivity contribution in [3.8, 4) is 0 Å². The molecule has 0 fully saturated rings. The predicted molar refractivity (Wildman–Crippen MR) is 83.1 cm³/mol. The van der Waals surface area contributed by atoms with Gasteiger partial charge < -0.3 is 11.1 Å². The van der Waals surface area contributed by atoms with Crippen LogP contribution in [0.4, 0.5) is 0 Å². The molecule has 5 N–H and O–H groups in total. The molecule has 1 amide bonds. The first-order chi connectivity index (χ1) is 9.85. The monoisotopic (exact) mass is 313 g/mol. The molecular weight excluding hydrogens is 290 g/mol. The van der Waals surface area contributed by atoms with Crippen LogP contribution >= 0.6 is 0 Å². The summed E-state index contributed by atoms with van der Waals surface area (Å²) in [6, 6.07) is 6.31. The smallest absolute Gasteiger partial charge is 0.251 e. The highest BCUT2D eigenvalue weighted by Gasteiger charge is 2.12. The highest BCUT2D eigenvalue weighted by Crippen LogP contribution is 2.08. The Labute approximate surface area is 126 Å². The van der Waals surface area contributed by atoms with Crippen molar-refractivity contribution in [2.75, 3.05) is 6.54 Å². The van der Waals surface area contributed by atoms with Gasteiger partial charge in [0.25, 0.3) is 5.91 Å². The van der Waals surface area contributed by atoms with E-state index in [-0.39, 0.29) is 17.7 Å². The van der Waals surface area contributed by atoms with Crippen LogP contribution in [0.1, 0.15) is 42.1 Å². The number of hydrogen-bond acceptors (Lipinski definition) is 4. The average Bonchev–Trinajstić information content (AvgIpc) is 2.42. The number of sulfonamides is 1. The first kappa shape index (κ1) is 17.6. The van der Waals surface area contributed by atoms with E-state index in [9.17, 15) is 13.2 Å². The number of carbonyl (C=O) groups excluding carboxylic acids is 1. The number of primary sulfonamides is 1. The van der Waals surface area contributed by atoms with Crippen LogP contribution in [0.2, 0.25) is 0 Å². The lowest BCUT2D eigenvalue weighted by molar-refractivity contribution is 0.0936. The molecular formula is C14H23N3O3S. The second-order valence-electron chi connectivity index (χ2n) is 5.05. The van der Waals surface area contributed by atoms with Gasteiger partial charge in [-0.3, -0.25) is 4.79 Å². The minimum Gasteiger partial charge on any atom is -0.348 e. The van der Waals surface area contributed by atoms with Crippen molar-refractivity contribution < 1.29 is 13.2 Å². The number of nitrogens with two attached hydrogens (primary N) is 2. The molecule has 1 atom stereocenters. The van der Waals surface area contributed by atoms with Crippen LogP contribution in [0.3, 0.4) is 0 Å². The van der Waals surface area contributed by atoms with Crippen molar-refractivity contribution in [1.29, 1.82) is 0 Å². The fourth-order valence-electron chi connectivity index (χ4n) is 1.95. The first-order valence-corrected chi connectivity index (χ1v) is 8.67. The Hall–Kier alpha value is -1.44. The van der Waals surface area contributed by atoms with Gasteiger partial charge in [0.05, 0.1) is 5.75 Å². The summed E-state index contributed by atoms with van der Waals surface area (Å²) in [5.74, 6) is -0.444. The summed E-state index contributed by atoms with van der Waals surface area (Å²) in [7, 11) is -3.56. The SMILES string of the molecule is CCCCC(CN)NC(=O)c1ccc(CS(N)(=O)=O)cc1. The molecule has 1 unspecified atom stereocenters. The Morgan fingerprint density at radius 3 is 2.38 bits per heavy atom. The lowest BCUT2D eigenvalue weighted by Crippen LogP contribution is -2.40. The summed E-state index contributed by atoms with van der Waals surface area (Å²) in [5.41, 5.74) is 6.66. The Morgan fingerprint density at radius 2 is 1.90 bits per heavy atom. The molecule has 0 aromatic heterocycles. The van der Waals surface area contributed by atoms with Crippen LogP contribution in [0.25, 0.3) is 0 Å². The van der Waals surface area contributed by atoms with Crippen LogP contribution in [0.15, 0.2) is 24.3 Å². The summed E-state index contributed by atoms with van der Waals surface area (Å²) in [4.78, 5) is 12.1. The van der Waals surface area contributed by atoms with Crippen LogP contribution < -0.4 is 16.2 Å². The summed E-state index contributed by atoms with van der Waals surface area (Å²) in [5, 5.41) is 7.85. The number of rotatable bonds is 8. The Kier molecular flexibility index (Phi) is 6.80. The van der Waals surface area contributed by atoms with E-state index in [2.05, 4.69) is 12.2 Å². The van der Waals surface area contributed by atoms with E-state index >= 15 is 0 Å². The van der Waals surface area contributed by atoms with E-state index in [4.69, 9.17) is 10.9 Å². The Bertz CT molecular complexity index is 555. The van der Waals surface area contributed by atoms with Crippen molar-refractivity contribution in [3.05, 3.63) is 35.4 Å². The number of unbranched alkanes of at least 4 members (excludes halogenated alkanes) is 1. The van der Waals surface area contributed by atoms with Crippen LogP contribution in [0.5, 0.6) is 0 Å². The van der Waals surface area contributed by atoms with E-state index in [0.29, 0.717) is 17.7 Å². The van der Waals surface area contributed by atoms with E-state index in [0.717, 1.165) is 19.3 Å². The zero-order chi connectivity index (χ0) is 15.9. The van der Waals surface area contributed by atoms with Gasteiger partial charge in [0.1, 0.15) is 0 Å². The average molecular weight is 313 g/mol. The molecule has 0 heterocycles. The fraction of sp³-hybridized carbons (Fsp3) is 0.500. The number of amides is 1. The first-order valence-electron chi connectivity index (χ1n) is 6.96. The number of hydrogen-bond donors (Lipinski definition) is 3. The second kappa shape index (κ2) is 8.11. The maximum atomic E-state index is 12.1. The Morgan fingerprint density at radius 1 is 1.29 bits per heavy atom. The highest BCUT2D eigenvalue weighted by atomic mass is 32.2. The summed E-state index contributed by atoms with van der Waals surface area (Å²) < 4.78 is 22.0. The molecule has 7 heteroatoms.